The van der Waals surface area contributed by atoms with Crippen molar-refractivity contribution >= 4 is 23.4 Å². The Morgan fingerprint density at radius 2 is 1.91 bits per heavy atom. The molecule has 1 aliphatic heterocycles. The summed E-state index contributed by atoms with van der Waals surface area (Å²) >= 11 is 0. The normalized spacial score (nSPS) is 14.7. The highest BCUT2D eigenvalue weighted by molar-refractivity contribution is 5.95. The number of rotatable bonds is 7. The van der Waals surface area contributed by atoms with Crippen molar-refractivity contribution in [2.24, 2.45) is 0 Å². The first-order valence-corrected chi connectivity index (χ1v) is 10.9. The first kappa shape index (κ1) is 22.7. The predicted octanol–water partition coefficient (Wildman–Crippen LogP) is 3.74. The minimum absolute atomic E-state index is 0.281. The van der Waals surface area contributed by atoms with Crippen LogP contribution in [-0.4, -0.2) is 53.5 Å². The molecule has 0 atom stereocenters. The van der Waals surface area contributed by atoms with E-state index in [9.17, 15) is 9.18 Å². The van der Waals surface area contributed by atoms with E-state index in [2.05, 4.69) is 37.6 Å². The van der Waals surface area contributed by atoms with E-state index < -0.39 is 11.4 Å². The molecule has 3 aromatic rings. The molecular formula is C25H29FN6O. The molecule has 1 fully saturated rings. The molecule has 8 heteroatoms. The number of hydrogen-bond acceptors (Lipinski definition) is 6. The molecule has 1 saturated heterocycles. The van der Waals surface area contributed by atoms with Gasteiger partial charge >= 0.3 is 0 Å². The molecule has 1 amide bonds. The van der Waals surface area contributed by atoms with Gasteiger partial charge in [0.2, 0.25) is 5.95 Å². The molecule has 0 radical (unpaired) electrons. The monoisotopic (exact) mass is 448 g/mol. The summed E-state index contributed by atoms with van der Waals surface area (Å²) in [4.78, 5) is 25.9. The summed E-state index contributed by atoms with van der Waals surface area (Å²) in [6.07, 6.45) is 1.80. The zero-order chi connectivity index (χ0) is 23.6. The van der Waals surface area contributed by atoms with Gasteiger partial charge in [0.1, 0.15) is 11.6 Å². The summed E-state index contributed by atoms with van der Waals surface area (Å²) < 4.78 is 13.4. The molecule has 2 aromatic carbocycles. The van der Waals surface area contributed by atoms with E-state index in [4.69, 9.17) is 4.98 Å². The van der Waals surface area contributed by atoms with Gasteiger partial charge in [0.15, 0.2) is 0 Å². The van der Waals surface area contributed by atoms with E-state index >= 15 is 0 Å². The number of anilines is 3. The summed E-state index contributed by atoms with van der Waals surface area (Å²) in [6, 6.07) is 13.9. The Bertz CT molecular complexity index is 1140. The highest BCUT2D eigenvalue weighted by Crippen LogP contribution is 2.29. The van der Waals surface area contributed by atoms with Gasteiger partial charge in [0.25, 0.3) is 5.91 Å². The Balaban J connectivity index is 1.40. The third kappa shape index (κ3) is 5.46. The molecule has 0 spiro atoms. The summed E-state index contributed by atoms with van der Waals surface area (Å²) in [5.41, 5.74) is 3.01. The fourth-order valence-corrected chi connectivity index (χ4v) is 4.00. The molecule has 7 nitrogen and oxygen atoms in total. The van der Waals surface area contributed by atoms with Gasteiger partial charge in [0.05, 0.1) is 5.54 Å². The van der Waals surface area contributed by atoms with Crippen LogP contribution in [0.2, 0.25) is 0 Å². The Labute approximate surface area is 193 Å². The van der Waals surface area contributed by atoms with Crippen LogP contribution < -0.4 is 15.5 Å². The molecule has 2 heterocycles. The minimum Gasteiger partial charge on any atom is -0.351 e. The molecule has 1 aliphatic rings. The summed E-state index contributed by atoms with van der Waals surface area (Å²) in [6.45, 7) is 6.03. The van der Waals surface area contributed by atoms with Crippen LogP contribution >= 0.6 is 0 Å². The number of benzene rings is 2. The number of carbonyl (C=O) groups excluding carboxylic acids is 1. The smallest absolute Gasteiger partial charge is 0.251 e. The lowest BCUT2D eigenvalue weighted by Gasteiger charge is -2.49. The number of nitrogens with zero attached hydrogens (tertiary/aromatic N) is 4. The number of nitrogens with one attached hydrogen (secondary N) is 2. The van der Waals surface area contributed by atoms with Crippen molar-refractivity contribution in [3.63, 3.8) is 0 Å². The van der Waals surface area contributed by atoms with Gasteiger partial charge < -0.3 is 20.4 Å². The van der Waals surface area contributed by atoms with Gasteiger partial charge in [-0.15, -0.1) is 0 Å². The Hall–Kier alpha value is -3.52. The maximum absolute atomic E-state index is 13.4. The van der Waals surface area contributed by atoms with Crippen LogP contribution in [-0.2, 0) is 6.54 Å². The number of hydrogen-bond donors (Lipinski definition) is 2. The van der Waals surface area contributed by atoms with E-state index in [1.165, 1.54) is 23.8 Å². The molecule has 0 bridgehead atoms. The number of aromatic nitrogens is 2. The maximum atomic E-state index is 13.4. The molecule has 172 valence electrons. The summed E-state index contributed by atoms with van der Waals surface area (Å²) in [5, 5.41) is 6.29. The zero-order valence-corrected chi connectivity index (χ0v) is 19.4. The highest BCUT2D eigenvalue weighted by atomic mass is 19.1. The van der Waals surface area contributed by atoms with Crippen LogP contribution in [0, 0.1) is 12.7 Å². The summed E-state index contributed by atoms with van der Waals surface area (Å²) in [7, 11) is 4.09. The van der Waals surface area contributed by atoms with Gasteiger partial charge in [-0.1, -0.05) is 18.2 Å². The van der Waals surface area contributed by atoms with Crippen molar-refractivity contribution in [3.8, 4) is 0 Å². The molecular weight excluding hydrogens is 419 g/mol. The molecule has 33 heavy (non-hydrogen) atoms. The fraction of sp³-hybridized carbons (Fsp3) is 0.320. The van der Waals surface area contributed by atoms with Crippen molar-refractivity contribution in [2.75, 3.05) is 37.4 Å². The zero-order valence-electron chi connectivity index (χ0n) is 19.4. The predicted molar refractivity (Wildman–Crippen MR) is 128 cm³/mol. The van der Waals surface area contributed by atoms with E-state index in [-0.39, 0.29) is 5.91 Å². The average Bonchev–Trinajstić information content (AvgIpc) is 2.74. The first-order valence-electron chi connectivity index (χ1n) is 10.9. The lowest BCUT2D eigenvalue weighted by molar-refractivity contribution is 0.0888. The van der Waals surface area contributed by atoms with Crippen molar-refractivity contribution in [2.45, 2.75) is 25.9 Å². The van der Waals surface area contributed by atoms with Crippen molar-refractivity contribution in [3.05, 3.63) is 77.2 Å². The van der Waals surface area contributed by atoms with Crippen molar-refractivity contribution < 1.29 is 9.18 Å². The lowest BCUT2D eigenvalue weighted by Crippen LogP contribution is -2.69. The fourth-order valence-electron chi connectivity index (χ4n) is 4.00. The van der Waals surface area contributed by atoms with E-state index in [0.29, 0.717) is 24.6 Å². The lowest BCUT2D eigenvalue weighted by atomic mass is 9.91. The van der Waals surface area contributed by atoms with Gasteiger partial charge in [-0.05, 0) is 63.8 Å². The van der Waals surface area contributed by atoms with Gasteiger partial charge in [0, 0.05) is 42.6 Å². The average molecular weight is 449 g/mol. The number of halogens is 1. The van der Waals surface area contributed by atoms with E-state index in [1.54, 1.807) is 12.3 Å². The van der Waals surface area contributed by atoms with E-state index in [0.717, 1.165) is 23.6 Å². The van der Waals surface area contributed by atoms with Crippen LogP contribution in [0.4, 0.5) is 21.8 Å². The Morgan fingerprint density at radius 1 is 1.18 bits per heavy atom. The van der Waals surface area contributed by atoms with E-state index in [1.807, 2.05) is 40.1 Å². The summed E-state index contributed by atoms with van der Waals surface area (Å²) in [5.74, 6) is 0.644. The third-order valence-corrected chi connectivity index (χ3v) is 5.54. The number of amides is 1. The first-order chi connectivity index (χ1) is 15.7. The van der Waals surface area contributed by atoms with Gasteiger partial charge in [-0.3, -0.25) is 4.79 Å². The van der Waals surface area contributed by atoms with Crippen LogP contribution in [0.1, 0.15) is 28.4 Å². The second kappa shape index (κ2) is 9.15. The Morgan fingerprint density at radius 3 is 2.58 bits per heavy atom. The largest absolute Gasteiger partial charge is 0.351 e. The molecule has 4 rings (SSSR count). The second-order valence-electron chi connectivity index (χ2n) is 9.14. The third-order valence-electron chi connectivity index (χ3n) is 5.54. The molecule has 2 N–H and O–H groups in total. The van der Waals surface area contributed by atoms with Gasteiger partial charge in [-0.2, -0.15) is 4.98 Å². The highest BCUT2D eigenvalue weighted by Gasteiger charge is 2.41. The van der Waals surface area contributed by atoms with Crippen LogP contribution in [0.3, 0.4) is 0 Å². The van der Waals surface area contributed by atoms with Crippen molar-refractivity contribution in [1.29, 1.82) is 0 Å². The Kier molecular flexibility index (Phi) is 6.29. The number of carbonyl (C=O) groups is 1. The quantitative estimate of drug-likeness (QED) is 0.574. The van der Waals surface area contributed by atoms with Crippen molar-refractivity contribution in [1.82, 2.24) is 20.2 Å². The van der Waals surface area contributed by atoms with Crippen LogP contribution in [0.15, 0.2) is 54.7 Å². The SMILES string of the molecule is Cc1cnc(Nc2ccc(CN(C)C)cc2)nc1N1CC(C)(NC(=O)c2cccc(F)c2)C1. The van der Waals surface area contributed by atoms with Crippen LogP contribution in [0.25, 0.3) is 0 Å². The minimum atomic E-state index is -0.424. The van der Waals surface area contributed by atoms with Gasteiger partial charge in [-0.25, -0.2) is 9.37 Å². The molecule has 0 aliphatic carbocycles. The second-order valence-corrected chi connectivity index (χ2v) is 9.14. The molecule has 0 saturated carbocycles. The molecule has 0 unspecified atom stereocenters. The standard InChI is InChI=1S/C25H29FN6O/c1-17-13-27-24(28-21-10-8-18(9-11-21)14-31(3)4)29-22(17)32-15-25(2,16-32)30-23(33)19-6-5-7-20(26)12-19/h5-13H,14-16H2,1-4H3,(H,30,33)(H,27,28,29). The number of aryl methyl sites for hydroxylation is 1. The molecule has 1 aromatic heterocycles. The maximum Gasteiger partial charge on any atom is 0.251 e. The topological polar surface area (TPSA) is 73.4 Å². The van der Waals surface area contributed by atoms with Crippen LogP contribution in [0.5, 0.6) is 0 Å².